The van der Waals surface area contributed by atoms with Crippen LogP contribution in [0, 0.1) is 0 Å². The standard InChI is InChI=1S/C24H26N2O8/c1-2-30-23(28)20-18(25-24(29)26-21(20)19-6-4-12-32-19)14-34-22(27)15-7-9-16(10-8-15)33-13-17-5-3-11-31-17/h4,6-10,12,17,21H,2-3,5,11,13-14H2,1H3,(H2,25,26,29). The zero-order valence-corrected chi connectivity index (χ0v) is 18.7. The zero-order chi connectivity index (χ0) is 23.9. The van der Waals surface area contributed by atoms with E-state index in [0.29, 0.717) is 23.7 Å². The van der Waals surface area contributed by atoms with Gasteiger partial charge in [0.1, 0.15) is 30.8 Å². The number of carbonyl (C=O) groups is 3. The number of carbonyl (C=O) groups excluding carboxylic acids is 3. The lowest BCUT2D eigenvalue weighted by Gasteiger charge is -2.27. The minimum atomic E-state index is -0.878. The molecule has 2 aliphatic rings. The summed E-state index contributed by atoms with van der Waals surface area (Å²) < 4.78 is 27.1. The number of nitrogens with one attached hydrogen (secondary N) is 2. The number of ether oxygens (including phenoxy) is 4. The van der Waals surface area contributed by atoms with Crippen molar-refractivity contribution in [2.75, 3.05) is 26.4 Å². The molecule has 34 heavy (non-hydrogen) atoms. The molecule has 0 saturated carbocycles. The number of hydrogen-bond donors (Lipinski definition) is 2. The Morgan fingerprint density at radius 1 is 1.12 bits per heavy atom. The predicted molar refractivity (Wildman–Crippen MR) is 118 cm³/mol. The number of hydrogen-bond acceptors (Lipinski definition) is 8. The van der Waals surface area contributed by atoms with Crippen molar-refractivity contribution in [3.05, 3.63) is 65.3 Å². The molecule has 2 unspecified atom stereocenters. The summed E-state index contributed by atoms with van der Waals surface area (Å²) >= 11 is 0. The first-order valence-corrected chi connectivity index (χ1v) is 11.1. The van der Waals surface area contributed by atoms with Gasteiger partial charge in [0.2, 0.25) is 0 Å². The monoisotopic (exact) mass is 470 g/mol. The Morgan fingerprint density at radius 2 is 1.94 bits per heavy atom. The Balaban J connectivity index is 1.44. The summed E-state index contributed by atoms with van der Waals surface area (Å²) in [5.74, 6) is -0.314. The normalized spacial score (nSPS) is 19.9. The molecule has 2 atom stereocenters. The maximum absolute atomic E-state index is 12.7. The molecule has 0 aliphatic carbocycles. The molecule has 1 saturated heterocycles. The molecule has 10 heteroatoms. The third-order valence-corrected chi connectivity index (χ3v) is 5.37. The second-order valence-electron chi connectivity index (χ2n) is 7.71. The lowest BCUT2D eigenvalue weighted by molar-refractivity contribution is -0.139. The van der Waals surface area contributed by atoms with Gasteiger partial charge in [0.25, 0.3) is 0 Å². The van der Waals surface area contributed by atoms with Crippen LogP contribution in [0.2, 0.25) is 0 Å². The van der Waals surface area contributed by atoms with Gasteiger partial charge in [0.15, 0.2) is 0 Å². The molecule has 0 spiro atoms. The van der Waals surface area contributed by atoms with E-state index in [9.17, 15) is 14.4 Å². The summed E-state index contributed by atoms with van der Waals surface area (Å²) in [7, 11) is 0. The van der Waals surface area contributed by atoms with Crippen molar-refractivity contribution in [1.82, 2.24) is 10.6 Å². The van der Waals surface area contributed by atoms with E-state index in [1.807, 2.05) is 0 Å². The lowest BCUT2D eigenvalue weighted by Crippen LogP contribution is -2.47. The first-order valence-electron chi connectivity index (χ1n) is 11.1. The van der Waals surface area contributed by atoms with Crippen LogP contribution < -0.4 is 15.4 Å². The minimum Gasteiger partial charge on any atom is -0.491 e. The molecule has 180 valence electrons. The van der Waals surface area contributed by atoms with Crippen molar-refractivity contribution in [3.8, 4) is 5.75 Å². The van der Waals surface area contributed by atoms with Crippen LogP contribution in [0.5, 0.6) is 5.75 Å². The van der Waals surface area contributed by atoms with E-state index >= 15 is 0 Å². The molecule has 0 bridgehead atoms. The Hall–Kier alpha value is -3.79. The summed E-state index contributed by atoms with van der Waals surface area (Å²) in [5.41, 5.74) is 0.515. The molecule has 0 radical (unpaired) electrons. The van der Waals surface area contributed by atoms with Gasteiger partial charge in [-0.05, 0) is 56.2 Å². The second kappa shape index (κ2) is 10.9. The first kappa shape index (κ1) is 23.4. The fourth-order valence-electron chi connectivity index (χ4n) is 3.72. The van der Waals surface area contributed by atoms with Crippen LogP contribution in [0.25, 0.3) is 0 Å². The Kier molecular flexibility index (Phi) is 7.48. The number of esters is 2. The summed E-state index contributed by atoms with van der Waals surface area (Å²) in [6.07, 6.45) is 3.53. The van der Waals surface area contributed by atoms with Gasteiger partial charge in [0.05, 0.1) is 35.8 Å². The number of furan rings is 1. The third kappa shape index (κ3) is 5.57. The minimum absolute atomic E-state index is 0.0942. The Bertz CT molecular complexity index is 1040. The van der Waals surface area contributed by atoms with Crippen molar-refractivity contribution < 1.29 is 37.7 Å². The van der Waals surface area contributed by atoms with Crippen LogP contribution in [0.3, 0.4) is 0 Å². The molecule has 1 fully saturated rings. The quantitative estimate of drug-likeness (QED) is 0.536. The highest BCUT2D eigenvalue weighted by Crippen LogP contribution is 2.28. The zero-order valence-electron chi connectivity index (χ0n) is 18.7. The van der Waals surface area contributed by atoms with E-state index in [-0.39, 0.29) is 30.6 Å². The lowest BCUT2D eigenvalue weighted by atomic mass is 10.0. The molecule has 10 nitrogen and oxygen atoms in total. The molecule has 2 amide bonds. The topological polar surface area (TPSA) is 125 Å². The van der Waals surface area contributed by atoms with Gasteiger partial charge in [0, 0.05) is 6.61 Å². The van der Waals surface area contributed by atoms with Gasteiger partial charge in [-0.2, -0.15) is 0 Å². The molecular weight excluding hydrogens is 444 g/mol. The molecular formula is C24H26N2O8. The number of amides is 2. The van der Waals surface area contributed by atoms with Crippen LogP contribution in [-0.2, 0) is 19.0 Å². The van der Waals surface area contributed by atoms with Gasteiger partial charge in [-0.3, -0.25) is 0 Å². The predicted octanol–water partition coefficient (Wildman–Crippen LogP) is 2.87. The fourth-order valence-corrected chi connectivity index (χ4v) is 3.72. The maximum atomic E-state index is 12.7. The average Bonchev–Trinajstić information content (AvgIpc) is 3.56. The van der Waals surface area contributed by atoms with Crippen molar-refractivity contribution in [2.24, 2.45) is 0 Å². The number of rotatable bonds is 9. The van der Waals surface area contributed by atoms with Gasteiger partial charge in [-0.25, -0.2) is 14.4 Å². The highest BCUT2D eigenvalue weighted by molar-refractivity contribution is 5.95. The third-order valence-electron chi connectivity index (χ3n) is 5.37. The summed E-state index contributed by atoms with van der Waals surface area (Å²) in [6, 6.07) is 8.34. The maximum Gasteiger partial charge on any atom is 0.338 e. The first-order chi connectivity index (χ1) is 16.5. The van der Waals surface area contributed by atoms with Crippen LogP contribution in [0.4, 0.5) is 4.79 Å². The van der Waals surface area contributed by atoms with Crippen LogP contribution in [0.1, 0.15) is 41.9 Å². The van der Waals surface area contributed by atoms with E-state index in [1.165, 1.54) is 6.26 Å². The molecule has 3 heterocycles. The van der Waals surface area contributed by atoms with E-state index in [0.717, 1.165) is 19.4 Å². The molecule has 4 rings (SSSR count). The fraction of sp³-hybridized carbons (Fsp3) is 0.375. The second-order valence-corrected chi connectivity index (χ2v) is 7.71. The highest BCUT2D eigenvalue weighted by atomic mass is 16.5. The SMILES string of the molecule is CCOC(=O)C1=C(COC(=O)c2ccc(OCC3CCCO3)cc2)NC(=O)NC1c1ccco1. The van der Waals surface area contributed by atoms with Gasteiger partial charge < -0.3 is 34.0 Å². The van der Waals surface area contributed by atoms with E-state index < -0.39 is 24.0 Å². The van der Waals surface area contributed by atoms with Gasteiger partial charge >= 0.3 is 18.0 Å². The van der Waals surface area contributed by atoms with E-state index in [4.69, 9.17) is 23.4 Å². The van der Waals surface area contributed by atoms with Crippen molar-refractivity contribution in [2.45, 2.75) is 31.9 Å². The van der Waals surface area contributed by atoms with Crippen LogP contribution in [-0.4, -0.2) is 50.5 Å². The van der Waals surface area contributed by atoms with Crippen LogP contribution in [0.15, 0.2) is 58.3 Å². The number of benzene rings is 1. The Morgan fingerprint density at radius 3 is 2.62 bits per heavy atom. The van der Waals surface area contributed by atoms with Crippen molar-refractivity contribution in [3.63, 3.8) is 0 Å². The Labute approximate surface area is 196 Å². The molecule has 2 N–H and O–H groups in total. The molecule has 1 aromatic carbocycles. The molecule has 1 aromatic heterocycles. The number of urea groups is 1. The van der Waals surface area contributed by atoms with Crippen LogP contribution >= 0.6 is 0 Å². The molecule has 2 aromatic rings. The van der Waals surface area contributed by atoms with E-state index in [2.05, 4.69) is 10.6 Å². The average molecular weight is 470 g/mol. The van der Waals surface area contributed by atoms with Crippen molar-refractivity contribution >= 4 is 18.0 Å². The van der Waals surface area contributed by atoms with Gasteiger partial charge in [-0.15, -0.1) is 0 Å². The molecule has 2 aliphatic heterocycles. The summed E-state index contributed by atoms with van der Waals surface area (Å²) in [4.78, 5) is 37.4. The largest absolute Gasteiger partial charge is 0.491 e. The van der Waals surface area contributed by atoms with E-state index in [1.54, 1.807) is 43.3 Å². The van der Waals surface area contributed by atoms with Crippen molar-refractivity contribution in [1.29, 1.82) is 0 Å². The summed E-state index contributed by atoms with van der Waals surface area (Å²) in [5, 5.41) is 5.17. The summed E-state index contributed by atoms with van der Waals surface area (Å²) in [6.45, 7) is 2.68. The van der Waals surface area contributed by atoms with Gasteiger partial charge in [-0.1, -0.05) is 0 Å². The smallest absolute Gasteiger partial charge is 0.338 e. The highest BCUT2D eigenvalue weighted by Gasteiger charge is 2.35.